The van der Waals surface area contributed by atoms with Gasteiger partial charge in [-0.1, -0.05) is 38.5 Å². The van der Waals surface area contributed by atoms with Gasteiger partial charge in [-0.05, 0) is 37.0 Å². The molecular formula is C16H30N2. The number of nitrogens with zero attached hydrogens (tertiary/aromatic N) is 1. The highest BCUT2D eigenvalue weighted by Gasteiger charge is 2.46. The summed E-state index contributed by atoms with van der Waals surface area (Å²) in [6, 6.07) is 0.710. The van der Waals surface area contributed by atoms with Crippen LogP contribution < -0.4 is 5.73 Å². The molecule has 1 atom stereocenters. The van der Waals surface area contributed by atoms with E-state index in [0.29, 0.717) is 11.5 Å². The maximum atomic E-state index is 6.07. The lowest BCUT2D eigenvalue weighted by molar-refractivity contribution is -0.0540. The van der Waals surface area contributed by atoms with Crippen molar-refractivity contribution in [3.05, 3.63) is 0 Å². The minimum atomic E-state index is 0.710. The van der Waals surface area contributed by atoms with Crippen LogP contribution in [-0.2, 0) is 0 Å². The summed E-state index contributed by atoms with van der Waals surface area (Å²) < 4.78 is 0. The first-order chi connectivity index (χ1) is 8.83. The lowest BCUT2D eigenvalue weighted by Gasteiger charge is -2.54. The van der Waals surface area contributed by atoms with Crippen molar-refractivity contribution in [1.29, 1.82) is 0 Å². The number of likely N-dealkylation sites (tertiary alicyclic amines) is 1. The molecule has 2 saturated carbocycles. The van der Waals surface area contributed by atoms with Gasteiger partial charge in [-0.15, -0.1) is 0 Å². The molecule has 0 bridgehead atoms. The highest BCUT2D eigenvalue weighted by molar-refractivity contribution is 5.00. The molecule has 0 aromatic carbocycles. The van der Waals surface area contributed by atoms with Gasteiger partial charge in [0, 0.05) is 25.7 Å². The van der Waals surface area contributed by atoms with Crippen molar-refractivity contribution in [1.82, 2.24) is 4.90 Å². The summed E-state index contributed by atoms with van der Waals surface area (Å²) in [5.41, 5.74) is 6.78. The van der Waals surface area contributed by atoms with E-state index in [9.17, 15) is 0 Å². The van der Waals surface area contributed by atoms with Gasteiger partial charge in [0.05, 0.1) is 0 Å². The van der Waals surface area contributed by atoms with Crippen LogP contribution in [0.5, 0.6) is 0 Å². The predicted molar refractivity (Wildman–Crippen MR) is 76.5 cm³/mol. The van der Waals surface area contributed by atoms with E-state index < -0.39 is 0 Å². The van der Waals surface area contributed by atoms with Gasteiger partial charge in [0.15, 0.2) is 0 Å². The van der Waals surface area contributed by atoms with Crippen LogP contribution in [0.25, 0.3) is 0 Å². The minimum absolute atomic E-state index is 0.710. The van der Waals surface area contributed by atoms with Gasteiger partial charge in [-0.3, -0.25) is 4.90 Å². The average Bonchev–Trinajstić information content (AvgIpc) is 2.73. The van der Waals surface area contributed by atoms with Crippen LogP contribution in [-0.4, -0.2) is 30.6 Å². The first-order valence-electron chi connectivity index (χ1n) is 8.27. The first-order valence-corrected chi connectivity index (χ1v) is 8.27. The smallest absolute Gasteiger partial charge is 0.0247 e. The maximum absolute atomic E-state index is 6.07. The Kier molecular flexibility index (Phi) is 3.95. The number of rotatable bonds is 3. The van der Waals surface area contributed by atoms with E-state index in [1.165, 1.54) is 77.3 Å². The Balaban J connectivity index is 1.55. The monoisotopic (exact) mass is 250 g/mol. The third-order valence-corrected chi connectivity index (χ3v) is 5.90. The summed E-state index contributed by atoms with van der Waals surface area (Å²) in [6.45, 7) is 3.62. The van der Waals surface area contributed by atoms with Crippen molar-refractivity contribution in [3.63, 3.8) is 0 Å². The third kappa shape index (κ3) is 2.46. The summed E-state index contributed by atoms with van der Waals surface area (Å²) in [6.07, 6.45) is 14.7. The van der Waals surface area contributed by atoms with Crippen LogP contribution in [0.4, 0.5) is 0 Å². The molecule has 2 N–H and O–H groups in total. The third-order valence-electron chi connectivity index (χ3n) is 5.90. The molecule has 104 valence electrons. The molecular weight excluding hydrogens is 220 g/mol. The van der Waals surface area contributed by atoms with E-state index in [4.69, 9.17) is 5.73 Å². The molecule has 0 radical (unpaired) electrons. The summed E-state index contributed by atoms with van der Waals surface area (Å²) in [4.78, 5) is 2.74. The average molecular weight is 250 g/mol. The summed E-state index contributed by atoms with van der Waals surface area (Å²) in [5, 5.41) is 0. The van der Waals surface area contributed by atoms with Crippen molar-refractivity contribution in [2.75, 3.05) is 19.6 Å². The van der Waals surface area contributed by atoms with Crippen LogP contribution in [0, 0.1) is 11.3 Å². The SMILES string of the molecule is NCC(C1CCCC1)N1CC2(CCCCCC2)C1. The van der Waals surface area contributed by atoms with Gasteiger partial charge in [-0.2, -0.15) is 0 Å². The minimum Gasteiger partial charge on any atom is -0.329 e. The molecule has 3 rings (SSSR count). The molecule has 18 heavy (non-hydrogen) atoms. The zero-order chi connectivity index (χ0) is 12.4. The van der Waals surface area contributed by atoms with E-state index in [1.807, 2.05) is 0 Å². The van der Waals surface area contributed by atoms with Crippen LogP contribution in [0.2, 0.25) is 0 Å². The van der Waals surface area contributed by atoms with E-state index >= 15 is 0 Å². The summed E-state index contributed by atoms with van der Waals surface area (Å²) in [7, 11) is 0. The fourth-order valence-electron chi connectivity index (χ4n) is 4.83. The molecule has 3 fully saturated rings. The second kappa shape index (κ2) is 5.50. The Hall–Kier alpha value is -0.0800. The quantitative estimate of drug-likeness (QED) is 0.833. The molecule has 2 heteroatoms. The highest BCUT2D eigenvalue weighted by Crippen LogP contribution is 2.45. The van der Waals surface area contributed by atoms with Crippen LogP contribution in [0.1, 0.15) is 64.2 Å². The Labute approximate surface area is 112 Å². The molecule has 1 saturated heterocycles. The molecule has 0 aromatic heterocycles. The molecule has 0 aromatic rings. The summed E-state index contributed by atoms with van der Waals surface area (Å²) >= 11 is 0. The van der Waals surface area contributed by atoms with E-state index in [0.717, 1.165) is 12.5 Å². The van der Waals surface area contributed by atoms with Gasteiger partial charge in [0.2, 0.25) is 0 Å². The molecule has 1 aliphatic heterocycles. The van der Waals surface area contributed by atoms with Crippen molar-refractivity contribution < 1.29 is 0 Å². The van der Waals surface area contributed by atoms with Crippen LogP contribution in [0.15, 0.2) is 0 Å². The van der Waals surface area contributed by atoms with Gasteiger partial charge in [-0.25, -0.2) is 0 Å². The molecule has 0 amide bonds. The van der Waals surface area contributed by atoms with Crippen LogP contribution in [0.3, 0.4) is 0 Å². The Morgan fingerprint density at radius 2 is 1.56 bits per heavy atom. The number of hydrogen-bond acceptors (Lipinski definition) is 2. The number of nitrogens with two attached hydrogens (primary N) is 1. The highest BCUT2D eigenvalue weighted by atomic mass is 15.2. The Morgan fingerprint density at radius 1 is 0.944 bits per heavy atom. The maximum Gasteiger partial charge on any atom is 0.0247 e. The largest absolute Gasteiger partial charge is 0.329 e. The molecule has 2 nitrogen and oxygen atoms in total. The zero-order valence-electron chi connectivity index (χ0n) is 11.9. The second-order valence-electron chi connectivity index (χ2n) is 7.17. The molecule has 3 aliphatic rings. The van der Waals surface area contributed by atoms with E-state index in [2.05, 4.69) is 4.90 Å². The predicted octanol–water partition coefficient (Wildman–Crippen LogP) is 3.16. The topological polar surface area (TPSA) is 29.3 Å². The lowest BCUT2D eigenvalue weighted by Crippen LogP contribution is -2.62. The van der Waals surface area contributed by atoms with Gasteiger partial charge in [0.25, 0.3) is 0 Å². The standard InChI is InChI=1S/C16H30N2/c17-11-15(14-7-3-4-8-14)18-12-16(13-18)9-5-1-2-6-10-16/h14-15H,1-13,17H2. The Bertz CT molecular complexity index is 254. The van der Waals surface area contributed by atoms with Crippen molar-refractivity contribution in [2.45, 2.75) is 70.3 Å². The van der Waals surface area contributed by atoms with Gasteiger partial charge < -0.3 is 5.73 Å². The van der Waals surface area contributed by atoms with Crippen molar-refractivity contribution >= 4 is 0 Å². The van der Waals surface area contributed by atoms with E-state index in [-0.39, 0.29) is 0 Å². The molecule has 1 spiro atoms. The van der Waals surface area contributed by atoms with Crippen molar-refractivity contribution in [3.8, 4) is 0 Å². The number of hydrogen-bond donors (Lipinski definition) is 1. The second-order valence-corrected chi connectivity index (χ2v) is 7.17. The molecule has 2 aliphatic carbocycles. The van der Waals surface area contributed by atoms with E-state index in [1.54, 1.807) is 0 Å². The first kappa shape index (κ1) is 12.9. The fourth-order valence-corrected chi connectivity index (χ4v) is 4.83. The van der Waals surface area contributed by atoms with Crippen LogP contribution >= 0.6 is 0 Å². The van der Waals surface area contributed by atoms with Gasteiger partial charge in [0.1, 0.15) is 0 Å². The fraction of sp³-hybridized carbons (Fsp3) is 1.00. The normalized spacial score (nSPS) is 31.2. The molecule has 1 unspecified atom stereocenters. The lowest BCUT2D eigenvalue weighted by atomic mass is 9.72. The zero-order valence-corrected chi connectivity index (χ0v) is 11.9. The summed E-state index contributed by atoms with van der Waals surface area (Å²) in [5.74, 6) is 0.915. The van der Waals surface area contributed by atoms with Gasteiger partial charge >= 0.3 is 0 Å². The molecule has 1 heterocycles. The Morgan fingerprint density at radius 3 is 2.11 bits per heavy atom. The van der Waals surface area contributed by atoms with Crippen molar-refractivity contribution in [2.24, 2.45) is 17.1 Å².